The maximum Gasteiger partial charge on any atom is 0.254 e. The van der Waals surface area contributed by atoms with E-state index < -0.39 is 34.7 Å². The third-order valence-electron chi connectivity index (χ3n) is 2.77. The first-order chi connectivity index (χ1) is 8.50. The fourth-order valence-electron chi connectivity index (χ4n) is 1.80. The summed E-state index contributed by atoms with van der Waals surface area (Å²) in [4.78, 5) is 11.7. The van der Waals surface area contributed by atoms with Gasteiger partial charge in [-0.2, -0.15) is 4.39 Å². The first kappa shape index (κ1) is 12.7. The lowest BCUT2D eigenvalue weighted by Crippen LogP contribution is -2.36. The number of rotatable bonds is 2. The SMILES string of the molecule is O=C(N[C@@H]1CCNC1)c1cc(F)c(F)c(O)c1F. The number of amides is 1. The second kappa shape index (κ2) is 4.85. The number of carbonyl (C=O) groups excluding carboxylic acids is 1. The molecule has 1 atom stereocenters. The van der Waals surface area contributed by atoms with E-state index in [-0.39, 0.29) is 6.04 Å². The minimum absolute atomic E-state index is 0.188. The van der Waals surface area contributed by atoms with Gasteiger partial charge in [0.2, 0.25) is 5.82 Å². The Morgan fingerprint density at radius 1 is 1.39 bits per heavy atom. The summed E-state index contributed by atoms with van der Waals surface area (Å²) in [6.07, 6.45) is 0.670. The number of aromatic hydroxyl groups is 1. The summed E-state index contributed by atoms with van der Waals surface area (Å²) in [5.41, 5.74) is -0.710. The highest BCUT2D eigenvalue weighted by Gasteiger charge is 2.24. The van der Waals surface area contributed by atoms with Gasteiger partial charge in [0.25, 0.3) is 5.91 Å². The fourth-order valence-corrected chi connectivity index (χ4v) is 1.80. The van der Waals surface area contributed by atoms with Gasteiger partial charge < -0.3 is 15.7 Å². The number of halogens is 3. The Kier molecular flexibility index (Phi) is 3.42. The van der Waals surface area contributed by atoms with Gasteiger partial charge in [0.1, 0.15) is 0 Å². The highest BCUT2D eigenvalue weighted by molar-refractivity contribution is 5.95. The van der Waals surface area contributed by atoms with Crippen LogP contribution < -0.4 is 10.6 Å². The number of benzene rings is 1. The maximum absolute atomic E-state index is 13.4. The van der Waals surface area contributed by atoms with Gasteiger partial charge in [0.15, 0.2) is 17.4 Å². The lowest BCUT2D eigenvalue weighted by molar-refractivity contribution is 0.0934. The highest BCUT2D eigenvalue weighted by atomic mass is 19.2. The molecule has 1 amide bonds. The third-order valence-corrected chi connectivity index (χ3v) is 2.77. The normalized spacial score (nSPS) is 18.9. The second-order valence-electron chi connectivity index (χ2n) is 4.05. The van der Waals surface area contributed by atoms with Crippen molar-refractivity contribution in [2.75, 3.05) is 13.1 Å². The molecular formula is C11H11F3N2O2. The molecule has 98 valence electrons. The molecule has 3 N–H and O–H groups in total. The van der Waals surface area contributed by atoms with Gasteiger partial charge >= 0.3 is 0 Å². The molecule has 1 aliphatic heterocycles. The molecule has 2 rings (SSSR count). The Bertz CT molecular complexity index is 488. The van der Waals surface area contributed by atoms with Crippen molar-refractivity contribution in [2.45, 2.75) is 12.5 Å². The molecule has 0 unspecified atom stereocenters. The number of hydrogen-bond acceptors (Lipinski definition) is 3. The van der Waals surface area contributed by atoms with Gasteiger partial charge in [-0.3, -0.25) is 4.79 Å². The molecule has 4 nitrogen and oxygen atoms in total. The van der Waals surface area contributed by atoms with Crippen LogP contribution in [-0.4, -0.2) is 30.1 Å². The first-order valence-electron chi connectivity index (χ1n) is 5.38. The van der Waals surface area contributed by atoms with Gasteiger partial charge in [-0.15, -0.1) is 0 Å². The number of nitrogens with one attached hydrogen (secondary N) is 2. The number of hydrogen-bond donors (Lipinski definition) is 3. The summed E-state index contributed by atoms with van der Waals surface area (Å²) in [5.74, 6) is -6.99. The van der Waals surface area contributed by atoms with Crippen molar-refractivity contribution in [3.8, 4) is 5.75 Å². The van der Waals surface area contributed by atoms with Gasteiger partial charge in [0, 0.05) is 12.6 Å². The lowest BCUT2D eigenvalue weighted by atomic mass is 10.1. The summed E-state index contributed by atoms with van der Waals surface area (Å²) >= 11 is 0. The predicted molar refractivity (Wildman–Crippen MR) is 56.7 cm³/mol. The molecule has 1 aliphatic rings. The van der Waals surface area contributed by atoms with E-state index in [9.17, 15) is 18.0 Å². The first-order valence-corrected chi connectivity index (χ1v) is 5.38. The monoisotopic (exact) mass is 260 g/mol. The molecular weight excluding hydrogens is 249 g/mol. The Hall–Kier alpha value is -1.76. The topological polar surface area (TPSA) is 61.4 Å². The fraction of sp³-hybridized carbons (Fsp3) is 0.364. The zero-order chi connectivity index (χ0) is 13.3. The third kappa shape index (κ3) is 2.26. The van der Waals surface area contributed by atoms with E-state index in [4.69, 9.17) is 5.11 Å². The number of phenols is 1. The Morgan fingerprint density at radius 3 is 2.72 bits per heavy atom. The Balaban J connectivity index is 2.24. The van der Waals surface area contributed by atoms with E-state index in [1.807, 2.05) is 0 Å². The summed E-state index contributed by atoms with van der Waals surface area (Å²) in [6, 6.07) is 0.245. The van der Waals surface area contributed by atoms with Crippen molar-refractivity contribution in [3.63, 3.8) is 0 Å². The van der Waals surface area contributed by atoms with E-state index in [1.54, 1.807) is 0 Å². The van der Waals surface area contributed by atoms with Crippen LogP contribution in [-0.2, 0) is 0 Å². The van der Waals surface area contributed by atoms with Crippen molar-refractivity contribution in [2.24, 2.45) is 0 Å². The largest absolute Gasteiger partial charge is 0.503 e. The molecule has 0 saturated carbocycles. The molecule has 7 heteroatoms. The van der Waals surface area contributed by atoms with Crippen molar-refractivity contribution < 1.29 is 23.1 Å². The minimum atomic E-state index is -1.70. The smallest absolute Gasteiger partial charge is 0.254 e. The van der Waals surface area contributed by atoms with Crippen molar-refractivity contribution >= 4 is 5.91 Å². The molecule has 1 fully saturated rings. The molecule has 0 spiro atoms. The van der Waals surface area contributed by atoms with Gasteiger partial charge in [-0.1, -0.05) is 0 Å². The molecule has 1 heterocycles. The minimum Gasteiger partial charge on any atom is -0.503 e. The van der Waals surface area contributed by atoms with Crippen LogP contribution in [0.1, 0.15) is 16.8 Å². The van der Waals surface area contributed by atoms with Crippen LogP contribution in [0.25, 0.3) is 0 Å². The van der Waals surface area contributed by atoms with Crippen LogP contribution in [0, 0.1) is 17.5 Å². The lowest BCUT2D eigenvalue weighted by Gasteiger charge is -2.12. The zero-order valence-electron chi connectivity index (χ0n) is 9.27. The van der Waals surface area contributed by atoms with Crippen LogP contribution in [0.5, 0.6) is 5.75 Å². The van der Waals surface area contributed by atoms with Crippen LogP contribution in [0.15, 0.2) is 6.07 Å². The maximum atomic E-state index is 13.4. The van der Waals surface area contributed by atoms with Crippen LogP contribution in [0.3, 0.4) is 0 Å². The van der Waals surface area contributed by atoms with Crippen molar-refractivity contribution in [3.05, 3.63) is 29.1 Å². The molecule has 0 bridgehead atoms. The van der Waals surface area contributed by atoms with E-state index >= 15 is 0 Å². The van der Waals surface area contributed by atoms with Crippen LogP contribution in [0.4, 0.5) is 13.2 Å². The van der Waals surface area contributed by atoms with Crippen LogP contribution in [0.2, 0.25) is 0 Å². The average molecular weight is 260 g/mol. The molecule has 0 aromatic heterocycles. The second-order valence-corrected chi connectivity index (χ2v) is 4.05. The molecule has 0 aliphatic carbocycles. The van der Waals surface area contributed by atoms with Gasteiger partial charge in [-0.05, 0) is 19.0 Å². The van der Waals surface area contributed by atoms with E-state index in [0.29, 0.717) is 19.0 Å². The zero-order valence-corrected chi connectivity index (χ0v) is 9.27. The predicted octanol–water partition coefficient (Wildman–Crippen LogP) is 0.901. The Morgan fingerprint density at radius 2 is 2.11 bits per heavy atom. The Labute approximate surface area is 101 Å². The molecule has 0 radical (unpaired) electrons. The summed E-state index contributed by atoms with van der Waals surface area (Å²) in [7, 11) is 0. The summed E-state index contributed by atoms with van der Waals surface area (Å²) in [5, 5.41) is 14.4. The summed E-state index contributed by atoms with van der Waals surface area (Å²) in [6.45, 7) is 1.25. The van der Waals surface area contributed by atoms with Gasteiger partial charge in [-0.25, -0.2) is 8.78 Å². The van der Waals surface area contributed by atoms with Crippen LogP contribution >= 0.6 is 0 Å². The van der Waals surface area contributed by atoms with Crippen molar-refractivity contribution in [1.82, 2.24) is 10.6 Å². The summed E-state index contributed by atoms with van der Waals surface area (Å²) < 4.78 is 39.3. The molecule has 1 aromatic rings. The number of phenolic OH excluding ortho intramolecular Hbond substituents is 1. The molecule has 1 aromatic carbocycles. The molecule has 18 heavy (non-hydrogen) atoms. The average Bonchev–Trinajstić information content (AvgIpc) is 2.83. The van der Waals surface area contributed by atoms with Crippen molar-refractivity contribution in [1.29, 1.82) is 0 Å². The number of carbonyl (C=O) groups is 1. The van der Waals surface area contributed by atoms with Gasteiger partial charge in [0.05, 0.1) is 5.56 Å². The quantitative estimate of drug-likeness (QED) is 0.692. The standard InChI is InChI=1S/C11H11F3N2O2/c12-7-3-6(8(13)10(17)9(7)14)11(18)16-5-1-2-15-4-5/h3,5,15,17H,1-2,4H2,(H,16,18)/t5-/m1/s1. The highest BCUT2D eigenvalue weighted by Crippen LogP contribution is 2.25. The van der Waals surface area contributed by atoms with E-state index in [0.717, 1.165) is 6.54 Å². The molecule has 1 saturated heterocycles. The van der Waals surface area contributed by atoms with E-state index in [2.05, 4.69) is 10.6 Å². The van der Waals surface area contributed by atoms with E-state index in [1.165, 1.54) is 0 Å².